The van der Waals surface area contributed by atoms with Crippen LogP contribution >= 0.6 is 0 Å². The van der Waals surface area contributed by atoms with E-state index in [0.717, 1.165) is 0 Å². The van der Waals surface area contributed by atoms with E-state index in [1.807, 2.05) is 27.7 Å². The SMILES string of the molecule is CCNc1nc(C(C)(C)C)nc(OCCOC)c1[N+](=O)[O-]. The minimum Gasteiger partial charge on any atom is -0.470 e. The highest BCUT2D eigenvalue weighted by Crippen LogP contribution is 2.34. The van der Waals surface area contributed by atoms with Crippen LogP contribution in [0.15, 0.2) is 0 Å². The lowest BCUT2D eigenvalue weighted by molar-refractivity contribution is -0.385. The van der Waals surface area contributed by atoms with E-state index < -0.39 is 4.92 Å². The van der Waals surface area contributed by atoms with Crippen LogP contribution in [0.25, 0.3) is 0 Å². The summed E-state index contributed by atoms with van der Waals surface area (Å²) in [6.07, 6.45) is 0. The minimum absolute atomic E-state index is 0.0343. The molecule has 0 atom stereocenters. The molecule has 0 aliphatic carbocycles. The summed E-state index contributed by atoms with van der Waals surface area (Å²) < 4.78 is 10.3. The molecule has 1 rings (SSSR count). The fourth-order valence-electron chi connectivity index (χ4n) is 1.55. The number of rotatable bonds is 7. The summed E-state index contributed by atoms with van der Waals surface area (Å²) in [6, 6.07) is 0. The second-order valence-corrected chi connectivity index (χ2v) is 5.43. The lowest BCUT2D eigenvalue weighted by Gasteiger charge is -2.19. The first-order valence-electron chi connectivity index (χ1n) is 6.73. The molecule has 8 heteroatoms. The van der Waals surface area contributed by atoms with Crippen LogP contribution in [-0.2, 0) is 10.2 Å². The normalized spacial score (nSPS) is 11.3. The molecule has 0 unspecified atom stereocenters. The zero-order chi connectivity index (χ0) is 16.0. The molecule has 1 heterocycles. The van der Waals surface area contributed by atoms with Crippen molar-refractivity contribution < 1.29 is 14.4 Å². The maximum absolute atomic E-state index is 11.3. The summed E-state index contributed by atoms with van der Waals surface area (Å²) in [5.74, 6) is 0.624. The smallest absolute Gasteiger partial charge is 0.372 e. The van der Waals surface area contributed by atoms with Crippen molar-refractivity contribution in [2.45, 2.75) is 33.1 Å². The first kappa shape index (κ1) is 17.1. The lowest BCUT2D eigenvalue weighted by atomic mass is 9.96. The van der Waals surface area contributed by atoms with Crippen molar-refractivity contribution in [3.05, 3.63) is 15.9 Å². The van der Waals surface area contributed by atoms with E-state index in [9.17, 15) is 10.1 Å². The van der Waals surface area contributed by atoms with Gasteiger partial charge in [0.25, 0.3) is 5.88 Å². The maximum Gasteiger partial charge on any atom is 0.372 e. The van der Waals surface area contributed by atoms with E-state index in [0.29, 0.717) is 19.0 Å². The van der Waals surface area contributed by atoms with E-state index in [4.69, 9.17) is 9.47 Å². The van der Waals surface area contributed by atoms with Crippen LogP contribution in [0.4, 0.5) is 11.5 Å². The Bertz CT molecular complexity index is 500. The van der Waals surface area contributed by atoms with Crippen LogP contribution in [-0.4, -0.2) is 41.8 Å². The second-order valence-electron chi connectivity index (χ2n) is 5.43. The van der Waals surface area contributed by atoms with Crippen molar-refractivity contribution >= 4 is 11.5 Å². The number of hydrogen-bond acceptors (Lipinski definition) is 7. The zero-order valence-corrected chi connectivity index (χ0v) is 13.1. The van der Waals surface area contributed by atoms with Crippen molar-refractivity contribution in [2.75, 3.05) is 32.2 Å². The Morgan fingerprint density at radius 2 is 1.95 bits per heavy atom. The van der Waals surface area contributed by atoms with E-state index in [1.54, 1.807) is 0 Å². The molecule has 8 nitrogen and oxygen atoms in total. The number of nitrogens with one attached hydrogen (secondary N) is 1. The fourth-order valence-corrected chi connectivity index (χ4v) is 1.55. The third kappa shape index (κ3) is 4.52. The Kier molecular flexibility index (Phi) is 5.83. The average molecular weight is 298 g/mol. The predicted molar refractivity (Wildman–Crippen MR) is 78.9 cm³/mol. The van der Waals surface area contributed by atoms with Crippen LogP contribution in [0.1, 0.15) is 33.5 Å². The maximum atomic E-state index is 11.3. The van der Waals surface area contributed by atoms with Crippen LogP contribution in [0.3, 0.4) is 0 Å². The fraction of sp³-hybridized carbons (Fsp3) is 0.692. The molecule has 0 aromatic carbocycles. The van der Waals surface area contributed by atoms with Crippen molar-refractivity contribution in [2.24, 2.45) is 0 Å². The quantitative estimate of drug-likeness (QED) is 0.467. The van der Waals surface area contributed by atoms with Gasteiger partial charge in [0.2, 0.25) is 5.82 Å². The third-order valence-corrected chi connectivity index (χ3v) is 2.58. The van der Waals surface area contributed by atoms with Gasteiger partial charge in [0.15, 0.2) is 0 Å². The van der Waals surface area contributed by atoms with Gasteiger partial charge in [0.05, 0.1) is 11.5 Å². The van der Waals surface area contributed by atoms with Gasteiger partial charge in [0.1, 0.15) is 12.4 Å². The Balaban J connectivity index is 3.33. The highest BCUT2D eigenvalue weighted by Gasteiger charge is 2.29. The van der Waals surface area contributed by atoms with E-state index >= 15 is 0 Å². The number of nitrogens with zero attached hydrogens (tertiary/aromatic N) is 3. The predicted octanol–water partition coefficient (Wildman–Crippen LogP) is 2.14. The molecule has 0 radical (unpaired) electrons. The highest BCUT2D eigenvalue weighted by molar-refractivity contribution is 5.62. The van der Waals surface area contributed by atoms with Gasteiger partial charge >= 0.3 is 5.69 Å². The van der Waals surface area contributed by atoms with Crippen molar-refractivity contribution in [1.82, 2.24) is 9.97 Å². The van der Waals surface area contributed by atoms with Gasteiger partial charge in [-0.1, -0.05) is 20.8 Å². The molecular weight excluding hydrogens is 276 g/mol. The van der Waals surface area contributed by atoms with Gasteiger partial charge in [-0.2, -0.15) is 4.98 Å². The average Bonchev–Trinajstić information content (AvgIpc) is 2.37. The molecular formula is C13H22N4O4. The molecule has 0 aliphatic rings. The molecule has 0 spiro atoms. The Morgan fingerprint density at radius 1 is 1.29 bits per heavy atom. The topological polar surface area (TPSA) is 99.4 Å². The molecule has 0 saturated heterocycles. The summed E-state index contributed by atoms with van der Waals surface area (Å²) in [5.41, 5.74) is -0.598. The van der Waals surface area contributed by atoms with Gasteiger partial charge in [-0.05, 0) is 6.92 Å². The standard InChI is InChI=1S/C13H22N4O4/c1-6-14-10-9(17(18)19)11(21-8-7-20-5)16-12(15-10)13(2,3)4/h6-8H2,1-5H3,(H,14,15,16). The van der Waals surface area contributed by atoms with Crippen molar-refractivity contribution in [3.63, 3.8) is 0 Å². The molecule has 1 aromatic heterocycles. The Morgan fingerprint density at radius 3 is 2.43 bits per heavy atom. The number of hydrogen-bond donors (Lipinski definition) is 1. The number of methoxy groups -OCH3 is 1. The summed E-state index contributed by atoms with van der Waals surface area (Å²) >= 11 is 0. The highest BCUT2D eigenvalue weighted by atomic mass is 16.6. The number of aromatic nitrogens is 2. The van der Waals surface area contributed by atoms with Gasteiger partial charge in [-0.25, -0.2) is 4.98 Å². The van der Waals surface area contributed by atoms with Crippen LogP contribution in [0.2, 0.25) is 0 Å². The molecule has 0 bridgehead atoms. The third-order valence-electron chi connectivity index (χ3n) is 2.58. The summed E-state index contributed by atoms with van der Waals surface area (Å²) in [6.45, 7) is 8.66. The Hall–Kier alpha value is -1.96. The van der Waals surface area contributed by atoms with Gasteiger partial charge in [0, 0.05) is 19.1 Å². The molecule has 21 heavy (non-hydrogen) atoms. The van der Waals surface area contributed by atoms with Crippen molar-refractivity contribution in [3.8, 4) is 5.88 Å². The Labute approximate surface area is 124 Å². The first-order chi connectivity index (χ1) is 9.81. The molecule has 0 aliphatic heterocycles. The molecule has 1 N–H and O–H groups in total. The first-order valence-corrected chi connectivity index (χ1v) is 6.73. The molecule has 1 aromatic rings. The van der Waals surface area contributed by atoms with E-state index in [-0.39, 0.29) is 29.4 Å². The summed E-state index contributed by atoms with van der Waals surface area (Å²) in [4.78, 5) is 19.2. The van der Waals surface area contributed by atoms with Gasteiger partial charge in [-0.3, -0.25) is 10.1 Å². The summed E-state index contributed by atoms with van der Waals surface area (Å²) in [5, 5.41) is 14.2. The molecule has 0 amide bonds. The largest absolute Gasteiger partial charge is 0.470 e. The number of anilines is 1. The number of ether oxygens (including phenoxy) is 2. The van der Waals surface area contributed by atoms with Gasteiger partial charge < -0.3 is 14.8 Å². The van der Waals surface area contributed by atoms with Crippen LogP contribution in [0, 0.1) is 10.1 Å². The summed E-state index contributed by atoms with van der Waals surface area (Å²) in [7, 11) is 1.53. The van der Waals surface area contributed by atoms with Gasteiger partial charge in [-0.15, -0.1) is 0 Å². The van der Waals surface area contributed by atoms with Crippen molar-refractivity contribution in [1.29, 1.82) is 0 Å². The minimum atomic E-state index is -0.535. The second kappa shape index (κ2) is 7.16. The number of nitro groups is 1. The lowest BCUT2D eigenvalue weighted by Crippen LogP contribution is -2.20. The monoisotopic (exact) mass is 298 g/mol. The molecule has 0 saturated carbocycles. The van der Waals surface area contributed by atoms with E-state index in [1.165, 1.54) is 7.11 Å². The van der Waals surface area contributed by atoms with Crippen LogP contribution < -0.4 is 10.1 Å². The molecule has 0 fully saturated rings. The zero-order valence-electron chi connectivity index (χ0n) is 13.1. The van der Waals surface area contributed by atoms with Crippen LogP contribution in [0.5, 0.6) is 5.88 Å². The molecule has 118 valence electrons. The van der Waals surface area contributed by atoms with E-state index in [2.05, 4.69) is 15.3 Å².